The van der Waals surface area contributed by atoms with Gasteiger partial charge >= 0.3 is 0 Å². The number of carbonyl (C=O) groups is 2. The molecule has 2 aliphatic rings. The zero-order valence-electron chi connectivity index (χ0n) is 7.51. The van der Waals surface area contributed by atoms with Gasteiger partial charge in [0, 0.05) is 18.9 Å². The summed E-state index contributed by atoms with van der Waals surface area (Å²) in [6.07, 6.45) is 3.64. The molecule has 1 aliphatic heterocycles. The van der Waals surface area contributed by atoms with Crippen molar-refractivity contribution in [2.24, 2.45) is 5.92 Å². The van der Waals surface area contributed by atoms with Crippen LogP contribution in [-0.4, -0.2) is 24.4 Å². The number of hydrogen-bond donors (Lipinski definition) is 2. The lowest BCUT2D eigenvalue weighted by molar-refractivity contribution is -0.128. The van der Waals surface area contributed by atoms with Gasteiger partial charge in [-0.3, -0.25) is 9.59 Å². The van der Waals surface area contributed by atoms with E-state index in [1.54, 1.807) is 0 Å². The van der Waals surface area contributed by atoms with Crippen LogP contribution < -0.4 is 10.6 Å². The van der Waals surface area contributed by atoms with Gasteiger partial charge in [0.05, 0.1) is 6.04 Å². The molecule has 2 N–H and O–H groups in total. The van der Waals surface area contributed by atoms with Crippen LogP contribution in [-0.2, 0) is 9.59 Å². The van der Waals surface area contributed by atoms with Gasteiger partial charge in [0.2, 0.25) is 11.8 Å². The van der Waals surface area contributed by atoms with E-state index in [9.17, 15) is 9.59 Å². The third-order valence-electron chi connectivity index (χ3n) is 2.80. The summed E-state index contributed by atoms with van der Waals surface area (Å²) in [5, 5.41) is 5.59. The topological polar surface area (TPSA) is 58.2 Å². The first-order valence-electron chi connectivity index (χ1n) is 4.83. The summed E-state index contributed by atoms with van der Waals surface area (Å²) in [6.45, 7) is 0.595. The molecule has 1 unspecified atom stereocenters. The molecule has 1 saturated heterocycles. The Labute approximate surface area is 77.1 Å². The molecule has 13 heavy (non-hydrogen) atoms. The second-order valence-electron chi connectivity index (χ2n) is 3.84. The summed E-state index contributed by atoms with van der Waals surface area (Å²) in [5.74, 6) is 0.391. The summed E-state index contributed by atoms with van der Waals surface area (Å²) in [6, 6.07) is 0.0283. The maximum Gasteiger partial charge on any atom is 0.223 e. The molecule has 0 aromatic carbocycles. The van der Waals surface area contributed by atoms with Gasteiger partial charge in [-0.15, -0.1) is 0 Å². The Balaban J connectivity index is 1.77. The van der Waals surface area contributed by atoms with E-state index in [1.807, 2.05) is 0 Å². The first-order valence-corrected chi connectivity index (χ1v) is 4.83. The second-order valence-corrected chi connectivity index (χ2v) is 3.84. The van der Waals surface area contributed by atoms with Crippen LogP contribution in [0.15, 0.2) is 0 Å². The zero-order chi connectivity index (χ0) is 9.26. The summed E-state index contributed by atoms with van der Waals surface area (Å²) in [5.41, 5.74) is 0. The van der Waals surface area contributed by atoms with Crippen LogP contribution in [0.1, 0.15) is 25.7 Å². The average molecular weight is 182 g/mol. The molecule has 0 aromatic rings. The average Bonchev–Trinajstić information content (AvgIpc) is 2.31. The molecule has 4 heteroatoms. The van der Waals surface area contributed by atoms with Crippen LogP contribution in [0.25, 0.3) is 0 Å². The highest BCUT2D eigenvalue weighted by Gasteiger charge is 2.29. The van der Waals surface area contributed by atoms with E-state index < -0.39 is 0 Å². The van der Waals surface area contributed by atoms with Crippen LogP contribution in [0.2, 0.25) is 0 Å². The number of nitrogens with one attached hydrogen (secondary N) is 2. The minimum atomic E-state index is 0.0283. The van der Waals surface area contributed by atoms with Crippen molar-refractivity contribution in [3.05, 3.63) is 0 Å². The molecule has 72 valence electrons. The maximum atomic E-state index is 11.4. The predicted molar refractivity (Wildman–Crippen MR) is 46.9 cm³/mol. The Bertz CT molecular complexity index is 236. The van der Waals surface area contributed by atoms with Gasteiger partial charge in [-0.05, 0) is 12.8 Å². The Morgan fingerprint density at radius 2 is 2.23 bits per heavy atom. The number of rotatable bonds is 2. The third kappa shape index (κ3) is 1.82. The van der Waals surface area contributed by atoms with Crippen molar-refractivity contribution in [1.82, 2.24) is 10.6 Å². The van der Waals surface area contributed by atoms with Gasteiger partial charge in [-0.1, -0.05) is 6.42 Å². The molecule has 0 bridgehead atoms. The van der Waals surface area contributed by atoms with Crippen LogP contribution in [0.5, 0.6) is 0 Å². The molecule has 0 spiro atoms. The SMILES string of the molecule is O=C1CC(NC(=O)C2CCC2)CN1. The molecular formula is C9H14N2O2. The predicted octanol–water partition coefficient (Wildman–Crippen LogP) is -0.209. The fourth-order valence-electron chi connectivity index (χ4n) is 1.70. The van der Waals surface area contributed by atoms with Crippen molar-refractivity contribution in [2.75, 3.05) is 6.54 Å². The van der Waals surface area contributed by atoms with Crippen molar-refractivity contribution >= 4 is 11.8 Å². The quantitative estimate of drug-likeness (QED) is 0.621. The van der Waals surface area contributed by atoms with Gasteiger partial charge in [0.25, 0.3) is 0 Å². The van der Waals surface area contributed by atoms with E-state index in [1.165, 1.54) is 6.42 Å². The van der Waals surface area contributed by atoms with Crippen molar-refractivity contribution in [3.63, 3.8) is 0 Å². The minimum Gasteiger partial charge on any atom is -0.354 e. The standard InChI is InChI=1S/C9H14N2O2/c12-8-4-7(5-10-8)11-9(13)6-2-1-3-6/h6-7H,1-5H2,(H,10,12)(H,11,13). The molecule has 2 rings (SSSR count). The highest BCUT2D eigenvalue weighted by Crippen LogP contribution is 2.26. The first kappa shape index (κ1) is 8.53. The smallest absolute Gasteiger partial charge is 0.223 e. The van der Waals surface area contributed by atoms with E-state index in [0.29, 0.717) is 13.0 Å². The highest BCUT2D eigenvalue weighted by molar-refractivity contribution is 5.83. The lowest BCUT2D eigenvalue weighted by atomic mass is 9.84. The molecule has 1 saturated carbocycles. The summed E-state index contributed by atoms with van der Waals surface area (Å²) < 4.78 is 0. The van der Waals surface area contributed by atoms with Gasteiger partial charge in [0.15, 0.2) is 0 Å². The molecule has 2 amide bonds. The minimum absolute atomic E-state index is 0.0283. The molecule has 0 radical (unpaired) electrons. The van der Waals surface area contributed by atoms with Crippen molar-refractivity contribution in [3.8, 4) is 0 Å². The lowest BCUT2D eigenvalue weighted by Gasteiger charge is -2.25. The molecule has 0 aromatic heterocycles. The second kappa shape index (κ2) is 3.36. The third-order valence-corrected chi connectivity index (χ3v) is 2.80. The molecule has 4 nitrogen and oxygen atoms in total. The van der Waals surface area contributed by atoms with E-state index in [-0.39, 0.29) is 23.8 Å². The van der Waals surface area contributed by atoms with Gasteiger partial charge in [0.1, 0.15) is 0 Å². The number of hydrogen-bond acceptors (Lipinski definition) is 2. The van der Waals surface area contributed by atoms with E-state index >= 15 is 0 Å². The van der Waals surface area contributed by atoms with E-state index in [0.717, 1.165) is 12.8 Å². The first-order chi connectivity index (χ1) is 6.25. The van der Waals surface area contributed by atoms with Gasteiger partial charge in [-0.25, -0.2) is 0 Å². The summed E-state index contributed by atoms with van der Waals surface area (Å²) >= 11 is 0. The van der Waals surface area contributed by atoms with Crippen LogP contribution >= 0.6 is 0 Å². The largest absolute Gasteiger partial charge is 0.354 e. The van der Waals surface area contributed by atoms with E-state index in [4.69, 9.17) is 0 Å². The highest BCUT2D eigenvalue weighted by atomic mass is 16.2. The van der Waals surface area contributed by atoms with Crippen molar-refractivity contribution in [2.45, 2.75) is 31.7 Å². The Hall–Kier alpha value is -1.06. The van der Waals surface area contributed by atoms with Crippen LogP contribution in [0.4, 0.5) is 0 Å². The Morgan fingerprint density at radius 1 is 1.46 bits per heavy atom. The van der Waals surface area contributed by atoms with Crippen LogP contribution in [0, 0.1) is 5.92 Å². The Morgan fingerprint density at radius 3 is 2.69 bits per heavy atom. The molecular weight excluding hydrogens is 168 g/mol. The fraction of sp³-hybridized carbons (Fsp3) is 0.778. The van der Waals surface area contributed by atoms with Gasteiger partial charge in [-0.2, -0.15) is 0 Å². The Kier molecular flexibility index (Phi) is 2.20. The molecule has 2 fully saturated rings. The van der Waals surface area contributed by atoms with Crippen LogP contribution in [0.3, 0.4) is 0 Å². The molecule has 1 aliphatic carbocycles. The normalized spacial score (nSPS) is 28.0. The fourth-order valence-corrected chi connectivity index (χ4v) is 1.70. The van der Waals surface area contributed by atoms with E-state index in [2.05, 4.69) is 10.6 Å². The summed E-state index contributed by atoms with van der Waals surface area (Å²) in [7, 11) is 0. The van der Waals surface area contributed by atoms with Gasteiger partial charge < -0.3 is 10.6 Å². The zero-order valence-corrected chi connectivity index (χ0v) is 7.51. The monoisotopic (exact) mass is 182 g/mol. The van der Waals surface area contributed by atoms with Crippen molar-refractivity contribution in [1.29, 1.82) is 0 Å². The lowest BCUT2D eigenvalue weighted by Crippen LogP contribution is -2.41. The number of carbonyl (C=O) groups excluding carboxylic acids is 2. The van der Waals surface area contributed by atoms with Crippen molar-refractivity contribution < 1.29 is 9.59 Å². The summed E-state index contributed by atoms with van der Waals surface area (Å²) in [4.78, 5) is 22.3. The molecule has 1 atom stereocenters. The molecule has 1 heterocycles. The maximum absolute atomic E-state index is 11.4. The number of amides is 2.